The number of carbonyl (C=O) groups is 1. The van der Waals surface area contributed by atoms with Crippen LogP contribution in [0.2, 0.25) is 0 Å². The standard InChI is InChI=1S/C17H24N4O2/c1-11-6-12(2)18-7-15(11)8-19-17(22)16-9-21(20-14(16)4)13(3)10-23-5/h6-7,9,13H,8,10H2,1-5H3,(H,19,22). The lowest BCUT2D eigenvalue weighted by Crippen LogP contribution is -2.23. The van der Waals surface area contributed by atoms with Crippen molar-refractivity contribution in [3.05, 3.63) is 46.5 Å². The van der Waals surface area contributed by atoms with E-state index in [2.05, 4.69) is 15.4 Å². The van der Waals surface area contributed by atoms with Gasteiger partial charge in [0.05, 0.1) is 23.9 Å². The van der Waals surface area contributed by atoms with Crippen LogP contribution in [-0.2, 0) is 11.3 Å². The Balaban J connectivity index is 2.06. The minimum Gasteiger partial charge on any atom is -0.382 e. The van der Waals surface area contributed by atoms with Crippen molar-refractivity contribution in [2.75, 3.05) is 13.7 Å². The molecule has 0 aliphatic carbocycles. The van der Waals surface area contributed by atoms with Crippen molar-refractivity contribution in [1.29, 1.82) is 0 Å². The number of nitrogens with zero attached hydrogens (tertiary/aromatic N) is 3. The van der Waals surface area contributed by atoms with Crippen molar-refractivity contribution in [3.63, 3.8) is 0 Å². The number of aromatic nitrogens is 3. The molecule has 2 rings (SSSR count). The average Bonchev–Trinajstić information content (AvgIpc) is 2.88. The van der Waals surface area contributed by atoms with Gasteiger partial charge >= 0.3 is 0 Å². The molecular weight excluding hydrogens is 292 g/mol. The molecule has 2 aromatic heterocycles. The van der Waals surface area contributed by atoms with Crippen LogP contribution in [-0.4, -0.2) is 34.4 Å². The number of methoxy groups -OCH3 is 1. The van der Waals surface area contributed by atoms with E-state index in [1.165, 1.54) is 0 Å². The second-order valence-corrected chi connectivity index (χ2v) is 5.85. The van der Waals surface area contributed by atoms with Gasteiger partial charge in [-0.3, -0.25) is 14.5 Å². The van der Waals surface area contributed by atoms with Gasteiger partial charge in [-0.05, 0) is 44.9 Å². The van der Waals surface area contributed by atoms with Crippen LogP contribution in [0.5, 0.6) is 0 Å². The first-order valence-corrected chi connectivity index (χ1v) is 7.67. The minimum atomic E-state index is -0.127. The van der Waals surface area contributed by atoms with E-state index >= 15 is 0 Å². The Morgan fingerprint density at radius 2 is 2.13 bits per heavy atom. The molecule has 0 aromatic carbocycles. The van der Waals surface area contributed by atoms with Crippen molar-refractivity contribution in [2.45, 2.75) is 40.3 Å². The van der Waals surface area contributed by atoms with Crippen LogP contribution in [0, 0.1) is 20.8 Å². The van der Waals surface area contributed by atoms with Crippen LogP contribution in [0.3, 0.4) is 0 Å². The zero-order valence-corrected chi connectivity index (χ0v) is 14.4. The molecular formula is C17H24N4O2. The van der Waals surface area contributed by atoms with E-state index in [0.717, 1.165) is 16.8 Å². The predicted molar refractivity (Wildman–Crippen MR) is 88.4 cm³/mol. The summed E-state index contributed by atoms with van der Waals surface area (Å²) in [5.74, 6) is -0.127. The molecule has 0 bridgehead atoms. The molecule has 0 fully saturated rings. The monoisotopic (exact) mass is 316 g/mol. The molecule has 6 heteroatoms. The van der Waals surface area contributed by atoms with E-state index in [1.807, 2.05) is 40.0 Å². The third-order valence-electron chi connectivity index (χ3n) is 3.82. The Hall–Kier alpha value is -2.21. The maximum Gasteiger partial charge on any atom is 0.255 e. The van der Waals surface area contributed by atoms with Gasteiger partial charge in [-0.2, -0.15) is 5.10 Å². The highest BCUT2D eigenvalue weighted by molar-refractivity contribution is 5.94. The lowest BCUT2D eigenvalue weighted by atomic mass is 10.1. The Labute approximate surface area is 136 Å². The highest BCUT2D eigenvalue weighted by Crippen LogP contribution is 2.12. The maximum atomic E-state index is 12.4. The number of aryl methyl sites for hydroxylation is 3. The fourth-order valence-corrected chi connectivity index (χ4v) is 2.43. The highest BCUT2D eigenvalue weighted by atomic mass is 16.5. The lowest BCUT2D eigenvalue weighted by molar-refractivity contribution is 0.0950. The molecule has 0 aliphatic heterocycles. The molecule has 0 spiro atoms. The molecule has 1 amide bonds. The van der Waals surface area contributed by atoms with E-state index < -0.39 is 0 Å². The zero-order valence-electron chi connectivity index (χ0n) is 14.4. The number of amides is 1. The van der Waals surface area contributed by atoms with Gasteiger partial charge in [0.2, 0.25) is 0 Å². The van der Waals surface area contributed by atoms with Crippen LogP contribution in [0.15, 0.2) is 18.5 Å². The molecule has 1 N–H and O–H groups in total. The fourth-order valence-electron chi connectivity index (χ4n) is 2.43. The molecule has 1 atom stereocenters. The number of hydrogen-bond acceptors (Lipinski definition) is 4. The summed E-state index contributed by atoms with van der Waals surface area (Å²) in [4.78, 5) is 16.7. The SMILES string of the molecule is COCC(C)n1cc(C(=O)NCc2cnc(C)cc2C)c(C)n1. The molecule has 2 aromatic rings. The van der Waals surface area contributed by atoms with Gasteiger partial charge in [0.15, 0.2) is 0 Å². The second kappa shape index (κ2) is 7.37. The molecule has 23 heavy (non-hydrogen) atoms. The molecule has 124 valence electrons. The second-order valence-electron chi connectivity index (χ2n) is 5.85. The summed E-state index contributed by atoms with van der Waals surface area (Å²) in [6, 6.07) is 2.10. The van der Waals surface area contributed by atoms with Crippen LogP contribution in [0.1, 0.15) is 45.8 Å². The first kappa shape index (κ1) is 17.1. The number of carbonyl (C=O) groups excluding carboxylic acids is 1. The Kier molecular flexibility index (Phi) is 5.50. The van der Waals surface area contributed by atoms with Crippen LogP contribution in [0.25, 0.3) is 0 Å². The third-order valence-corrected chi connectivity index (χ3v) is 3.82. The van der Waals surface area contributed by atoms with E-state index in [9.17, 15) is 4.79 Å². The van der Waals surface area contributed by atoms with Gasteiger partial charge in [-0.15, -0.1) is 0 Å². The number of nitrogens with one attached hydrogen (secondary N) is 1. The molecule has 0 aliphatic rings. The smallest absolute Gasteiger partial charge is 0.255 e. The van der Waals surface area contributed by atoms with Gasteiger partial charge < -0.3 is 10.1 Å². The topological polar surface area (TPSA) is 69.0 Å². The number of rotatable bonds is 6. The highest BCUT2D eigenvalue weighted by Gasteiger charge is 2.16. The summed E-state index contributed by atoms with van der Waals surface area (Å²) in [5.41, 5.74) is 4.41. The third kappa shape index (κ3) is 4.16. The van der Waals surface area contributed by atoms with Crippen molar-refractivity contribution < 1.29 is 9.53 Å². The minimum absolute atomic E-state index is 0.0868. The summed E-state index contributed by atoms with van der Waals surface area (Å²) in [7, 11) is 1.65. The predicted octanol–water partition coefficient (Wildman–Crippen LogP) is 2.34. The largest absolute Gasteiger partial charge is 0.382 e. The van der Waals surface area contributed by atoms with Gasteiger partial charge in [0, 0.05) is 31.7 Å². The first-order chi connectivity index (χ1) is 10.9. The van der Waals surface area contributed by atoms with Gasteiger partial charge in [-0.25, -0.2) is 0 Å². The van der Waals surface area contributed by atoms with E-state index in [-0.39, 0.29) is 11.9 Å². The Morgan fingerprint density at radius 1 is 1.39 bits per heavy atom. The van der Waals surface area contributed by atoms with Crippen molar-refractivity contribution in [1.82, 2.24) is 20.1 Å². The quantitative estimate of drug-likeness (QED) is 0.888. The molecule has 2 heterocycles. The number of hydrogen-bond donors (Lipinski definition) is 1. The van der Waals surface area contributed by atoms with E-state index in [0.29, 0.717) is 24.4 Å². The maximum absolute atomic E-state index is 12.4. The van der Waals surface area contributed by atoms with Gasteiger partial charge in [0.1, 0.15) is 0 Å². The van der Waals surface area contributed by atoms with Crippen LogP contribution in [0.4, 0.5) is 0 Å². The normalized spacial score (nSPS) is 12.2. The summed E-state index contributed by atoms with van der Waals surface area (Å²) < 4.78 is 6.90. The van der Waals surface area contributed by atoms with E-state index in [4.69, 9.17) is 4.74 Å². The number of ether oxygens (including phenoxy) is 1. The van der Waals surface area contributed by atoms with Crippen molar-refractivity contribution >= 4 is 5.91 Å². The molecule has 0 radical (unpaired) electrons. The summed E-state index contributed by atoms with van der Waals surface area (Å²) in [6.07, 6.45) is 3.58. The van der Waals surface area contributed by atoms with Gasteiger partial charge in [-0.1, -0.05) is 0 Å². The summed E-state index contributed by atoms with van der Waals surface area (Å²) in [6.45, 7) is 8.81. The average molecular weight is 316 g/mol. The molecule has 1 unspecified atom stereocenters. The number of pyridine rings is 1. The summed E-state index contributed by atoms with van der Waals surface area (Å²) in [5, 5.41) is 7.33. The van der Waals surface area contributed by atoms with Crippen molar-refractivity contribution in [2.24, 2.45) is 0 Å². The van der Waals surface area contributed by atoms with E-state index in [1.54, 1.807) is 18.0 Å². The Morgan fingerprint density at radius 3 is 2.78 bits per heavy atom. The van der Waals surface area contributed by atoms with Gasteiger partial charge in [0.25, 0.3) is 5.91 Å². The van der Waals surface area contributed by atoms with Crippen LogP contribution >= 0.6 is 0 Å². The summed E-state index contributed by atoms with van der Waals surface area (Å²) >= 11 is 0. The lowest BCUT2D eigenvalue weighted by Gasteiger charge is -2.10. The molecule has 6 nitrogen and oxygen atoms in total. The first-order valence-electron chi connectivity index (χ1n) is 7.67. The molecule has 0 saturated carbocycles. The zero-order chi connectivity index (χ0) is 17.0. The Bertz CT molecular complexity index is 694. The van der Waals surface area contributed by atoms with Crippen molar-refractivity contribution in [3.8, 4) is 0 Å². The van der Waals surface area contributed by atoms with Crippen LogP contribution < -0.4 is 5.32 Å². The molecule has 0 saturated heterocycles. The fraction of sp³-hybridized carbons (Fsp3) is 0.471.